The van der Waals surface area contributed by atoms with Crippen LogP contribution in [0.3, 0.4) is 0 Å². The highest BCUT2D eigenvalue weighted by Gasteiger charge is 2.11. The lowest BCUT2D eigenvalue weighted by atomic mass is 9.96. The number of amides is 2. The number of nitrogens with one attached hydrogen (secondary N) is 1. The first-order valence-electron chi connectivity index (χ1n) is 9.80. The van der Waals surface area contributed by atoms with Gasteiger partial charge < -0.3 is 10.2 Å². The summed E-state index contributed by atoms with van der Waals surface area (Å²) in [5.74, 6) is 0.0359. The molecule has 1 aromatic heterocycles. The van der Waals surface area contributed by atoms with Crippen LogP contribution in [0, 0.1) is 5.82 Å². The monoisotopic (exact) mass is 401 g/mol. The van der Waals surface area contributed by atoms with Crippen molar-refractivity contribution in [3.05, 3.63) is 64.7 Å². The number of halogens is 1. The number of nitrogens with zero attached hydrogens (tertiary/aromatic N) is 2. The maximum atomic E-state index is 13.2. The first-order valence-corrected chi connectivity index (χ1v) is 9.80. The molecule has 0 saturated carbocycles. The van der Waals surface area contributed by atoms with Gasteiger partial charge in [0.1, 0.15) is 11.5 Å². The van der Waals surface area contributed by atoms with E-state index >= 15 is 0 Å². The highest BCUT2D eigenvalue weighted by molar-refractivity contribution is 5.94. The van der Waals surface area contributed by atoms with Crippen LogP contribution in [0.15, 0.2) is 36.5 Å². The molecule has 1 N–H and O–H groups in total. The van der Waals surface area contributed by atoms with E-state index < -0.39 is 0 Å². The Morgan fingerprint density at radius 2 is 1.76 bits per heavy atom. The Morgan fingerprint density at radius 3 is 2.28 bits per heavy atom. The van der Waals surface area contributed by atoms with Crippen molar-refractivity contribution in [1.82, 2.24) is 15.2 Å². The fraction of sp³-hybridized carbons (Fsp3) is 0.435. The zero-order valence-corrected chi connectivity index (χ0v) is 18.4. The van der Waals surface area contributed by atoms with Gasteiger partial charge in [-0.2, -0.15) is 0 Å². The quantitative estimate of drug-likeness (QED) is 0.796. The van der Waals surface area contributed by atoms with E-state index in [0.29, 0.717) is 17.2 Å². The predicted molar refractivity (Wildman–Crippen MR) is 115 cm³/mol. The lowest BCUT2D eigenvalue weighted by Crippen LogP contribution is -2.22. The summed E-state index contributed by atoms with van der Waals surface area (Å²) in [6.45, 7) is 8.25. The molecule has 0 spiro atoms. The standard InChI is InChI=1S/C12H16FNO.C11H16N2O/c1-4-8(2)9-5-10(12(15)14-3)7-11(13)6-9;1-8(2)9-5-6-12-10(7-9)11(14)13(3)4/h5-8H,4H2,1-3H3,(H,14,15);5-8H,1-4H3. The molecule has 0 aliphatic heterocycles. The van der Waals surface area contributed by atoms with Gasteiger partial charge >= 0.3 is 0 Å². The predicted octanol–water partition coefficient (Wildman–Crippen LogP) is 4.61. The van der Waals surface area contributed by atoms with Gasteiger partial charge in [-0.15, -0.1) is 0 Å². The Labute approximate surface area is 173 Å². The zero-order chi connectivity index (χ0) is 22.1. The summed E-state index contributed by atoms with van der Waals surface area (Å²) in [4.78, 5) is 28.5. The zero-order valence-electron chi connectivity index (χ0n) is 18.4. The van der Waals surface area contributed by atoms with E-state index in [-0.39, 0.29) is 23.5 Å². The van der Waals surface area contributed by atoms with Crippen LogP contribution in [0.5, 0.6) is 0 Å². The van der Waals surface area contributed by atoms with Crippen LogP contribution in [-0.4, -0.2) is 42.8 Å². The highest BCUT2D eigenvalue weighted by Crippen LogP contribution is 2.21. The van der Waals surface area contributed by atoms with E-state index in [1.54, 1.807) is 26.4 Å². The number of benzene rings is 1. The smallest absolute Gasteiger partial charge is 0.271 e. The summed E-state index contributed by atoms with van der Waals surface area (Å²) in [5, 5.41) is 2.49. The van der Waals surface area contributed by atoms with Crippen molar-refractivity contribution in [3.8, 4) is 0 Å². The number of carbonyl (C=O) groups is 2. The van der Waals surface area contributed by atoms with Crippen LogP contribution in [-0.2, 0) is 0 Å². The number of hydrogen-bond acceptors (Lipinski definition) is 3. The third-order valence-electron chi connectivity index (χ3n) is 4.67. The van der Waals surface area contributed by atoms with Gasteiger partial charge in [0.15, 0.2) is 0 Å². The second-order valence-electron chi connectivity index (χ2n) is 7.49. The fourth-order valence-electron chi connectivity index (χ4n) is 2.56. The Bertz CT molecular complexity index is 835. The third-order valence-corrected chi connectivity index (χ3v) is 4.67. The Kier molecular flexibility index (Phi) is 9.45. The summed E-state index contributed by atoms with van der Waals surface area (Å²) in [7, 11) is 4.99. The first kappa shape index (κ1) is 24.3. The summed E-state index contributed by atoms with van der Waals surface area (Å²) < 4.78 is 13.2. The minimum atomic E-state index is -0.355. The van der Waals surface area contributed by atoms with Crippen molar-refractivity contribution in [2.75, 3.05) is 21.1 Å². The molecule has 0 fully saturated rings. The maximum absolute atomic E-state index is 13.2. The van der Waals surface area contributed by atoms with Gasteiger partial charge in [-0.1, -0.05) is 27.7 Å². The van der Waals surface area contributed by atoms with E-state index in [1.807, 2.05) is 26.0 Å². The van der Waals surface area contributed by atoms with E-state index in [0.717, 1.165) is 17.5 Å². The number of rotatable bonds is 5. The van der Waals surface area contributed by atoms with E-state index in [1.165, 1.54) is 24.1 Å². The average Bonchev–Trinajstić information content (AvgIpc) is 2.71. The van der Waals surface area contributed by atoms with Crippen LogP contribution >= 0.6 is 0 Å². The Balaban J connectivity index is 0.000000291. The molecule has 5 nitrogen and oxygen atoms in total. The number of pyridine rings is 1. The number of carbonyl (C=O) groups excluding carboxylic acids is 2. The summed E-state index contributed by atoms with van der Waals surface area (Å²) in [5.41, 5.74) is 2.91. The minimum Gasteiger partial charge on any atom is -0.355 e. The topological polar surface area (TPSA) is 62.3 Å². The van der Waals surface area contributed by atoms with Crippen LogP contribution < -0.4 is 5.32 Å². The Morgan fingerprint density at radius 1 is 1.10 bits per heavy atom. The molecule has 1 heterocycles. The second kappa shape index (κ2) is 11.3. The van der Waals surface area contributed by atoms with Gasteiger partial charge in [0.05, 0.1) is 0 Å². The fourth-order valence-corrected chi connectivity index (χ4v) is 2.56. The van der Waals surface area contributed by atoms with Crippen molar-refractivity contribution >= 4 is 11.8 Å². The van der Waals surface area contributed by atoms with Crippen molar-refractivity contribution in [2.45, 2.75) is 46.0 Å². The van der Waals surface area contributed by atoms with E-state index in [9.17, 15) is 14.0 Å². The molecule has 0 saturated heterocycles. The molecule has 1 aromatic carbocycles. The van der Waals surface area contributed by atoms with Crippen LogP contribution in [0.4, 0.5) is 4.39 Å². The van der Waals surface area contributed by atoms with Gasteiger partial charge in [-0.25, -0.2) is 4.39 Å². The summed E-state index contributed by atoms with van der Waals surface area (Å²) in [6, 6.07) is 8.28. The third kappa shape index (κ3) is 7.29. The Hall–Kier alpha value is -2.76. The van der Waals surface area contributed by atoms with Gasteiger partial charge in [-0.05, 0) is 59.7 Å². The lowest BCUT2D eigenvalue weighted by molar-refractivity contribution is 0.0821. The van der Waals surface area contributed by atoms with Crippen LogP contribution in [0.1, 0.15) is 77.9 Å². The molecule has 2 rings (SSSR count). The second-order valence-corrected chi connectivity index (χ2v) is 7.49. The van der Waals surface area contributed by atoms with Crippen molar-refractivity contribution in [1.29, 1.82) is 0 Å². The van der Waals surface area contributed by atoms with Gasteiger partial charge in [0, 0.05) is 32.9 Å². The molecule has 1 unspecified atom stereocenters. The molecule has 0 radical (unpaired) electrons. The van der Waals surface area contributed by atoms with Gasteiger partial charge in [-0.3, -0.25) is 14.6 Å². The van der Waals surface area contributed by atoms with Crippen molar-refractivity contribution in [2.24, 2.45) is 0 Å². The molecule has 2 aromatic rings. The normalized spacial score (nSPS) is 11.3. The van der Waals surface area contributed by atoms with Crippen LogP contribution in [0.25, 0.3) is 0 Å². The first-order chi connectivity index (χ1) is 13.6. The molecule has 0 aliphatic rings. The molecule has 158 valence electrons. The van der Waals surface area contributed by atoms with Gasteiger partial charge in [0.25, 0.3) is 11.8 Å². The highest BCUT2D eigenvalue weighted by atomic mass is 19.1. The lowest BCUT2D eigenvalue weighted by Gasteiger charge is -2.11. The molecule has 0 aliphatic carbocycles. The number of aromatic nitrogens is 1. The molecular weight excluding hydrogens is 369 g/mol. The molecule has 2 amide bonds. The molecule has 29 heavy (non-hydrogen) atoms. The number of hydrogen-bond donors (Lipinski definition) is 1. The van der Waals surface area contributed by atoms with Crippen molar-refractivity contribution in [3.63, 3.8) is 0 Å². The maximum Gasteiger partial charge on any atom is 0.271 e. The van der Waals surface area contributed by atoms with Gasteiger partial charge in [0.2, 0.25) is 0 Å². The summed E-state index contributed by atoms with van der Waals surface area (Å²) >= 11 is 0. The molecular formula is C23H32FN3O2. The average molecular weight is 402 g/mol. The molecule has 0 bridgehead atoms. The summed E-state index contributed by atoms with van der Waals surface area (Å²) in [6.07, 6.45) is 2.61. The van der Waals surface area contributed by atoms with E-state index in [2.05, 4.69) is 24.1 Å². The van der Waals surface area contributed by atoms with Crippen LogP contribution in [0.2, 0.25) is 0 Å². The van der Waals surface area contributed by atoms with E-state index in [4.69, 9.17) is 0 Å². The molecule has 1 atom stereocenters. The largest absolute Gasteiger partial charge is 0.355 e. The van der Waals surface area contributed by atoms with Crippen molar-refractivity contribution < 1.29 is 14.0 Å². The SMILES string of the molecule is CC(C)c1ccnc(C(=O)N(C)C)c1.CCC(C)c1cc(F)cc(C(=O)NC)c1. The molecule has 6 heteroatoms. The minimum absolute atomic E-state index is 0.0486.